The molecular formula is C22H22N2O4S. The van der Waals surface area contributed by atoms with E-state index in [9.17, 15) is 13.2 Å². The molecule has 6 nitrogen and oxygen atoms in total. The molecule has 7 heteroatoms. The Bertz CT molecular complexity index is 1060. The van der Waals surface area contributed by atoms with Gasteiger partial charge in [0.15, 0.2) is 0 Å². The third-order valence-corrected chi connectivity index (χ3v) is 5.81. The lowest BCUT2D eigenvalue weighted by Crippen LogP contribution is -2.26. The van der Waals surface area contributed by atoms with Crippen molar-refractivity contribution in [3.8, 4) is 5.75 Å². The van der Waals surface area contributed by atoms with E-state index in [1.807, 2.05) is 37.3 Å². The number of benzene rings is 3. The lowest BCUT2D eigenvalue weighted by Gasteiger charge is -2.14. The maximum absolute atomic E-state index is 12.5. The average Bonchev–Trinajstić information content (AvgIpc) is 2.74. The number of carbonyl (C=O) groups is 1. The molecule has 0 saturated carbocycles. The summed E-state index contributed by atoms with van der Waals surface area (Å²) in [5, 5.41) is 2.93. The van der Waals surface area contributed by atoms with E-state index < -0.39 is 10.0 Å². The van der Waals surface area contributed by atoms with Crippen molar-refractivity contribution in [1.29, 1.82) is 0 Å². The molecule has 29 heavy (non-hydrogen) atoms. The van der Waals surface area contributed by atoms with Crippen LogP contribution >= 0.6 is 0 Å². The van der Waals surface area contributed by atoms with Gasteiger partial charge in [0.2, 0.25) is 0 Å². The predicted molar refractivity (Wildman–Crippen MR) is 113 cm³/mol. The highest BCUT2D eigenvalue weighted by Gasteiger charge is 2.15. The number of hydrogen-bond acceptors (Lipinski definition) is 4. The zero-order chi connectivity index (χ0) is 20.9. The smallest absolute Gasteiger partial charge is 0.261 e. The first-order valence-electron chi connectivity index (χ1n) is 9.02. The lowest BCUT2D eigenvalue weighted by molar-refractivity contribution is 0.0940. The van der Waals surface area contributed by atoms with Gasteiger partial charge in [-0.1, -0.05) is 30.3 Å². The second kappa shape index (κ2) is 8.79. The number of sulfonamides is 1. The van der Waals surface area contributed by atoms with Crippen LogP contribution in [0.1, 0.15) is 28.9 Å². The first kappa shape index (κ1) is 20.4. The summed E-state index contributed by atoms with van der Waals surface area (Å²) < 4.78 is 32.5. The highest BCUT2D eigenvalue weighted by Crippen LogP contribution is 2.20. The SMILES string of the molecule is COc1ccc(S(=O)(=O)Nc2ccc(C(=O)N[C@H](C)c3ccccc3)cc2)cc1. The molecule has 0 aliphatic carbocycles. The third-order valence-electron chi connectivity index (χ3n) is 4.42. The van der Waals surface area contributed by atoms with Gasteiger partial charge in [-0.15, -0.1) is 0 Å². The fraction of sp³-hybridized carbons (Fsp3) is 0.136. The van der Waals surface area contributed by atoms with Crippen molar-refractivity contribution in [2.24, 2.45) is 0 Å². The topological polar surface area (TPSA) is 84.5 Å². The van der Waals surface area contributed by atoms with Gasteiger partial charge in [-0.05, 0) is 61.0 Å². The number of hydrogen-bond donors (Lipinski definition) is 2. The van der Waals surface area contributed by atoms with E-state index in [1.54, 1.807) is 36.4 Å². The van der Waals surface area contributed by atoms with Crippen LogP contribution in [0.15, 0.2) is 83.8 Å². The number of rotatable bonds is 7. The van der Waals surface area contributed by atoms with Gasteiger partial charge >= 0.3 is 0 Å². The monoisotopic (exact) mass is 410 g/mol. The first-order chi connectivity index (χ1) is 13.9. The third kappa shape index (κ3) is 5.14. The van der Waals surface area contributed by atoms with Gasteiger partial charge in [0, 0.05) is 11.3 Å². The second-order valence-corrected chi connectivity index (χ2v) is 8.15. The molecule has 1 amide bonds. The Labute approximate surface area is 170 Å². The summed E-state index contributed by atoms with van der Waals surface area (Å²) in [7, 11) is -2.22. The molecule has 3 aromatic carbocycles. The molecule has 2 N–H and O–H groups in total. The molecule has 3 rings (SSSR count). The first-order valence-corrected chi connectivity index (χ1v) is 10.5. The number of methoxy groups -OCH3 is 1. The summed E-state index contributed by atoms with van der Waals surface area (Å²) in [6.45, 7) is 1.91. The second-order valence-electron chi connectivity index (χ2n) is 6.46. The van der Waals surface area contributed by atoms with E-state index in [-0.39, 0.29) is 16.8 Å². The quantitative estimate of drug-likeness (QED) is 0.617. The molecule has 1 atom stereocenters. The number of ether oxygens (including phenoxy) is 1. The Kier molecular flexibility index (Phi) is 6.19. The van der Waals surface area contributed by atoms with Crippen LogP contribution in [0.5, 0.6) is 5.75 Å². The number of anilines is 1. The van der Waals surface area contributed by atoms with Crippen LogP contribution < -0.4 is 14.8 Å². The zero-order valence-corrected chi connectivity index (χ0v) is 16.9. The van der Waals surface area contributed by atoms with E-state index >= 15 is 0 Å². The fourth-order valence-electron chi connectivity index (χ4n) is 2.76. The van der Waals surface area contributed by atoms with Gasteiger partial charge in [-0.3, -0.25) is 9.52 Å². The summed E-state index contributed by atoms with van der Waals surface area (Å²) in [5.74, 6) is 0.343. The minimum absolute atomic E-state index is 0.122. The summed E-state index contributed by atoms with van der Waals surface area (Å²) in [6, 6.07) is 21.9. The minimum Gasteiger partial charge on any atom is -0.497 e. The molecular weight excluding hydrogens is 388 g/mol. The van der Waals surface area contributed by atoms with E-state index in [1.165, 1.54) is 19.2 Å². The van der Waals surface area contributed by atoms with Crippen molar-refractivity contribution in [1.82, 2.24) is 5.32 Å². The van der Waals surface area contributed by atoms with Crippen LogP contribution in [0.3, 0.4) is 0 Å². The molecule has 3 aromatic rings. The van der Waals surface area contributed by atoms with Crippen LogP contribution in [-0.2, 0) is 10.0 Å². The standard InChI is InChI=1S/C22H22N2O4S/c1-16(17-6-4-3-5-7-17)23-22(25)18-8-10-19(11-9-18)24-29(26,27)21-14-12-20(28-2)13-15-21/h3-16,24H,1-2H3,(H,23,25)/t16-/m1/s1. The molecule has 0 saturated heterocycles. The molecule has 0 radical (unpaired) electrons. The Morgan fingerprint density at radius 2 is 1.52 bits per heavy atom. The van der Waals surface area contributed by atoms with Crippen LogP contribution in [0.25, 0.3) is 0 Å². The summed E-state index contributed by atoms with van der Waals surface area (Å²) >= 11 is 0. The molecule has 0 heterocycles. The number of amides is 1. The Morgan fingerprint density at radius 3 is 2.10 bits per heavy atom. The van der Waals surface area contributed by atoms with E-state index in [0.717, 1.165) is 5.56 Å². The highest BCUT2D eigenvalue weighted by molar-refractivity contribution is 7.92. The van der Waals surface area contributed by atoms with Gasteiger partial charge in [0.05, 0.1) is 18.0 Å². The molecule has 0 aliphatic heterocycles. The maximum Gasteiger partial charge on any atom is 0.261 e. The normalized spacial score (nSPS) is 12.1. The van der Waals surface area contributed by atoms with Crippen molar-refractivity contribution in [2.75, 3.05) is 11.8 Å². The van der Waals surface area contributed by atoms with Gasteiger partial charge < -0.3 is 10.1 Å². The summed E-state index contributed by atoms with van der Waals surface area (Å²) in [4.78, 5) is 12.6. The van der Waals surface area contributed by atoms with Gasteiger partial charge in [-0.2, -0.15) is 0 Å². The Hall–Kier alpha value is -3.32. The molecule has 0 fully saturated rings. The van der Waals surface area contributed by atoms with Gasteiger partial charge in [0.25, 0.3) is 15.9 Å². The van der Waals surface area contributed by atoms with Crippen LogP contribution in [0.4, 0.5) is 5.69 Å². The molecule has 0 spiro atoms. The van der Waals surface area contributed by atoms with Crippen molar-refractivity contribution in [3.63, 3.8) is 0 Å². The molecule has 0 aromatic heterocycles. The molecule has 150 valence electrons. The largest absolute Gasteiger partial charge is 0.497 e. The minimum atomic E-state index is -3.73. The summed E-state index contributed by atoms with van der Waals surface area (Å²) in [5.41, 5.74) is 1.82. The van der Waals surface area contributed by atoms with Crippen LogP contribution in [0, 0.1) is 0 Å². The van der Waals surface area contributed by atoms with Crippen molar-refractivity contribution in [2.45, 2.75) is 17.9 Å². The van der Waals surface area contributed by atoms with Crippen LogP contribution in [0.2, 0.25) is 0 Å². The van der Waals surface area contributed by atoms with Crippen molar-refractivity contribution < 1.29 is 17.9 Å². The Morgan fingerprint density at radius 1 is 0.897 bits per heavy atom. The number of carbonyl (C=O) groups excluding carboxylic acids is 1. The lowest BCUT2D eigenvalue weighted by atomic mass is 10.1. The van der Waals surface area contributed by atoms with E-state index in [4.69, 9.17) is 4.74 Å². The van der Waals surface area contributed by atoms with Gasteiger partial charge in [0.1, 0.15) is 5.75 Å². The van der Waals surface area contributed by atoms with Gasteiger partial charge in [-0.25, -0.2) is 8.42 Å². The van der Waals surface area contributed by atoms with Crippen molar-refractivity contribution >= 4 is 21.6 Å². The number of nitrogens with one attached hydrogen (secondary N) is 2. The zero-order valence-electron chi connectivity index (χ0n) is 16.1. The Balaban J connectivity index is 1.67. The average molecular weight is 410 g/mol. The molecule has 0 aliphatic rings. The maximum atomic E-state index is 12.5. The molecule has 0 unspecified atom stereocenters. The van der Waals surface area contributed by atoms with E-state index in [2.05, 4.69) is 10.0 Å². The predicted octanol–water partition coefficient (Wildman–Crippen LogP) is 3.99. The molecule has 0 bridgehead atoms. The highest BCUT2D eigenvalue weighted by atomic mass is 32.2. The van der Waals surface area contributed by atoms with Crippen molar-refractivity contribution in [3.05, 3.63) is 90.0 Å². The van der Waals surface area contributed by atoms with Crippen LogP contribution in [-0.4, -0.2) is 21.4 Å². The fourth-order valence-corrected chi connectivity index (χ4v) is 3.82. The van der Waals surface area contributed by atoms with E-state index in [0.29, 0.717) is 17.0 Å². The summed E-state index contributed by atoms with van der Waals surface area (Å²) in [6.07, 6.45) is 0.